The fourth-order valence-corrected chi connectivity index (χ4v) is 6.62. The number of fused-ring (bicyclic) bond motifs is 1. The molecule has 3 aliphatic heterocycles. The minimum Gasteiger partial charge on any atom is -0.507 e. The van der Waals surface area contributed by atoms with Crippen molar-refractivity contribution in [2.24, 2.45) is 0 Å². The van der Waals surface area contributed by atoms with Gasteiger partial charge in [-0.05, 0) is 88.3 Å². The van der Waals surface area contributed by atoms with Crippen molar-refractivity contribution in [3.63, 3.8) is 0 Å². The van der Waals surface area contributed by atoms with E-state index >= 15 is 0 Å². The van der Waals surface area contributed by atoms with Gasteiger partial charge in [-0.1, -0.05) is 23.9 Å². The van der Waals surface area contributed by atoms with E-state index in [1.165, 1.54) is 0 Å². The molecule has 0 aliphatic carbocycles. The summed E-state index contributed by atoms with van der Waals surface area (Å²) in [6, 6.07) is 6.07. The van der Waals surface area contributed by atoms with E-state index in [0.717, 1.165) is 28.5 Å². The molecule has 2 N–H and O–H groups in total. The summed E-state index contributed by atoms with van der Waals surface area (Å²) in [5, 5.41) is 12.2. The van der Waals surface area contributed by atoms with Crippen LogP contribution in [-0.2, 0) is 20.8 Å². The highest BCUT2D eigenvalue weighted by Gasteiger charge is 2.51. The van der Waals surface area contributed by atoms with Crippen molar-refractivity contribution < 1.29 is 33.8 Å². The highest BCUT2D eigenvalue weighted by molar-refractivity contribution is 8.15. The third-order valence-electron chi connectivity index (χ3n) is 8.00. The molecule has 10 heteroatoms. The number of nitrogens with one attached hydrogen (secondary N) is 1. The number of phenolic OH excluding ortho intramolecular Hbond substituents is 1. The lowest BCUT2D eigenvalue weighted by Gasteiger charge is -2.32. The van der Waals surface area contributed by atoms with Crippen molar-refractivity contribution in [1.29, 1.82) is 0 Å². The van der Waals surface area contributed by atoms with Gasteiger partial charge in [0, 0.05) is 12.1 Å². The standard InChI is InChI=1S/C29H32N2O7S/c1-14-15(2)24-21(16(3)23(14)32)22(29(4,5)38-24)26(34)31-12-6-7-19(31)27(35)37-18-10-8-17(9-11-18)13-20-25(33)30-28(36)39-20/h8-11,19-20,22,32H,6-7,12-13H2,1-5H3,(H,30,33,36)/t19-,20?,22-/m0/s1. The van der Waals surface area contributed by atoms with Crippen LogP contribution >= 0.6 is 11.8 Å². The Hall–Kier alpha value is -3.53. The second kappa shape index (κ2) is 9.89. The Morgan fingerprint density at radius 1 is 1.13 bits per heavy atom. The van der Waals surface area contributed by atoms with Crippen LogP contribution in [0, 0.1) is 20.8 Å². The van der Waals surface area contributed by atoms with Gasteiger partial charge in [-0.15, -0.1) is 0 Å². The van der Waals surface area contributed by atoms with Crippen molar-refractivity contribution >= 4 is 34.8 Å². The number of ether oxygens (including phenoxy) is 2. The van der Waals surface area contributed by atoms with Gasteiger partial charge in [0.15, 0.2) is 0 Å². The smallest absolute Gasteiger partial charge is 0.334 e. The molecule has 0 aromatic heterocycles. The Kier molecular flexibility index (Phi) is 6.86. The van der Waals surface area contributed by atoms with Crippen LogP contribution in [-0.4, -0.2) is 56.5 Å². The van der Waals surface area contributed by atoms with E-state index < -0.39 is 28.8 Å². The maximum atomic E-state index is 14.0. The van der Waals surface area contributed by atoms with Crippen LogP contribution in [0.2, 0.25) is 0 Å². The van der Waals surface area contributed by atoms with Crippen molar-refractivity contribution in [3.05, 3.63) is 52.1 Å². The van der Waals surface area contributed by atoms with Crippen LogP contribution in [0.3, 0.4) is 0 Å². The molecule has 0 spiro atoms. The van der Waals surface area contributed by atoms with E-state index in [0.29, 0.717) is 48.4 Å². The molecular weight excluding hydrogens is 520 g/mol. The molecule has 1 unspecified atom stereocenters. The summed E-state index contributed by atoms with van der Waals surface area (Å²) in [4.78, 5) is 52.1. The van der Waals surface area contributed by atoms with Gasteiger partial charge in [0.1, 0.15) is 34.8 Å². The first-order chi connectivity index (χ1) is 18.4. The number of hydrogen-bond acceptors (Lipinski definition) is 8. The number of aromatic hydroxyl groups is 1. The third-order valence-corrected chi connectivity index (χ3v) is 8.98. The summed E-state index contributed by atoms with van der Waals surface area (Å²) >= 11 is 0.967. The van der Waals surface area contributed by atoms with Gasteiger partial charge in [0.25, 0.3) is 5.24 Å². The van der Waals surface area contributed by atoms with Gasteiger partial charge in [-0.25, -0.2) is 4.79 Å². The quantitative estimate of drug-likeness (QED) is 0.421. The Balaban J connectivity index is 1.32. The molecule has 3 aliphatic rings. The van der Waals surface area contributed by atoms with Crippen LogP contribution in [0.4, 0.5) is 4.79 Å². The van der Waals surface area contributed by atoms with Crippen LogP contribution in [0.1, 0.15) is 60.4 Å². The number of carbonyl (C=O) groups is 4. The number of carbonyl (C=O) groups excluding carboxylic acids is 4. The average molecular weight is 553 g/mol. The number of likely N-dealkylation sites (tertiary alicyclic amines) is 1. The second-order valence-corrected chi connectivity index (χ2v) is 12.1. The van der Waals surface area contributed by atoms with E-state index in [1.54, 1.807) is 36.1 Å². The van der Waals surface area contributed by atoms with E-state index in [-0.39, 0.29) is 22.8 Å². The normalized spacial score (nSPS) is 23.4. The van der Waals surface area contributed by atoms with E-state index in [9.17, 15) is 24.3 Å². The van der Waals surface area contributed by atoms with E-state index in [1.807, 2.05) is 27.7 Å². The molecule has 0 bridgehead atoms. The van der Waals surface area contributed by atoms with E-state index in [2.05, 4.69) is 5.32 Å². The molecule has 3 heterocycles. The molecule has 39 heavy (non-hydrogen) atoms. The zero-order valence-electron chi connectivity index (χ0n) is 22.6. The summed E-state index contributed by atoms with van der Waals surface area (Å²) < 4.78 is 11.9. The summed E-state index contributed by atoms with van der Waals surface area (Å²) in [5.74, 6) is -0.594. The lowest BCUT2D eigenvalue weighted by molar-refractivity contribution is -0.148. The molecule has 206 valence electrons. The number of rotatable bonds is 5. The Labute approximate surface area is 231 Å². The number of nitrogens with zero attached hydrogens (tertiary/aromatic N) is 1. The fourth-order valence-electron chi connectivity index (χ4n) is 5.76. The van der Waals surface area contributed by atoms with Gasteiger partial charge >= 0.3 is 5.97 Å². The molecule has 0 saturated carbocycles. The number of amides is 3. The van der Waals surface area contributed by atoms with Gasteiger partial charge in [-0.3, -0.25) is 19.7 Å². The number of esters is 1. The number of thioether (sulfide) groups is 1. The summed E-state index contributed by atoms with van der Waals surface area (Å²) in [7, 11) is 0. The maximum absolute atomic E-state index is 14.0. The molecule has 9 nitrogen and oxygen atoms in total. The molecular formula is C29H32N2O7S. The summed E-state index contributed by atoms with van der Waals surface area (Å²) in [6.07, 6.45) is 1.54. The minimum absolute atomic E-state index is 0.157. The molecule has 2 fully saturated rings. The lowest BCUT2D eigenvalue weighted by Crippen LogP contribution is -2.48. The first kappa shape index (κ1) is 27.1. The molecule has 3 atom stereocenters. The number of imide groups is 1. The van der Waals surface area contributed by atoms with Crippen LogP contribution in [0.5, 0.6) is 17.2 Å². The predicted octanol–water partition coefficient (Wildman–Crippen LogP) is 4.06. The van der Waals surface area contributed by atoms with Crippen molar-refractivity contribution in [3.8, 4) is 17.2 Å². The summed E-state index contributed by atoms with van der Waals surface area (Å²) in [5.41, 5.74) is 2.80. The lowest BCUT2D eigenvalue weighted by atomic mass is 9.82. The minimum atomic E-state index is -0.860. The average Bonchev–Trinajstić information content (AvgIpc) is 3.57. The zero-order chi connectivity index (χ0) is 28.2. The fraction of sp³-hybridized carbons (Fsp3) is 0.448. The van der Waals surface area contributed by atoms with Crippen molar-refractivity contribution in [1.82, 2.24) is 10.2 Å². The van der Waals surface area contributed by atoms with Gasteiger partial charge in [-0.2, -0.15) is 0 Å². The monoisotopic (exact) mass is 552 g/mol. The molecule has 2 saturated heterocycles. The van der Waals surface area contributed by atoms with Gasteiger partial charge in [0.05, 0.1) is 5.25 Å². The topological polar surface area (TPSA) is 122 Å². The van der Waals surface area contributed by atoms with Gasteiger partial charge in [0.2, 0.25) is 11.8 Å². The highest BCUT2D eigenvalue weighted by Crippen LogP contribution is 2.52. The molecule has 0 radical (unpaired) electrons. The third kappa shape index (κ3) is 4.75. The molecule has 2 aromatic carbocycles. The van der Waals surface area contributed by atoms with Crippen LogP contribution < -0.4 is 14.8 Å². The first-order valence-electron chi connectivity index (χ1n) is 13.0. The SMILES string of the molecule is Cc1c(C)c2c(c(C)c1O)[C@@H](C(=O)N1CCC[C@H]1C(=O)Oc1ccc(CC3SC(=O)NC3=O)cc1)C(C)(C)O2. The zero-order valence-corrected chi connectivity index (χ0v) is 23.4. The maximum Gasteiger partial charge on any atom is 0.334 e. The Morgan fingerprint density at radius 3 is 2.46 bits per heavy atom. The first-order valence-corrected chi connectivity index (χ1v) is 13.9. The summed E-state index contributed by atoms with van der Waals surface area (Å²) in [6.45, 7) is 9.63. The number of hydrogen-bond donors (Lipinski definition) is 2. The highest BCUT2D eigenvalue weighted by atomic mass is 32.2. The predicted molar refractivity (Wildman–Crippen MR) is 145 cm³/mol. The molecule has 5 rings (SSSR count). The van der Waals surface area contributed by atoms with Crippen molar-refractivity contribution in [2.45, 2.75) is 76.7 Å². The van der Waals surface area contributed by atoms with Crippen LogP contribution in [0.15, 0.2) is 24.3 Å². The second-order valence-electron chi connectivity index (χ2n) is 10.9. The number of benzene rings is 2. The van der Waals surface area contributed by atoms with Crippen LogP contribution in [0.25, 0.3) is 0 Å². The van der Waals surface area contributed by atoms with Gasteiger partial charge < -0.3 is 19.5 Å². The Bertz CT molecular complexity index is 1390. The molecule has 2 aromatic rings. The van der Waals surface area contributed by atoms with E-state index in [4.69, 9.17) is 9.47 Å². The Morgan fingerprint density at radius 2 is 1.82 bits per heavy atom. The molecule has 3 amide bonds. The number of phenols is 1. The largest absolute Gasteiger partial charge is 0.507 e. The van der Waals surface area contributed by atoms with Crippen molar-refractivity contribution in [2.75, 3.05) is 6.54 Å².